The molecular formula is C11H7Cl2NO2S. The van der Waals surface area contributed by atoms with Crippen LogP contribution in [0.5, 0.6) is 0 Å². The number of carboxylic acid groups (broad SMARTS) is 1. The summed E-state index contributed by atoms with van der Waals surface area (Å²) in [5.74, 6) is -1.04. The topological polar surface area (TPSA) is 50.2 Å². The lowest BCUT2D eigenvalue weighted by Crippen LogP contribution is -1.98. The zero-order valence-electron chi connectivity index (χ0n) is 8.70. The third kappa shape index (κ3) is 2.44. The van der Waals surface area contributed by atoms with Gasteiger partial charge in [-0.05, 0) is 25.1 Å². The fourth-order valence-corrected chi connectivity index (χ4v) is 2.74. The van der Waals surface area contributed by atoms with Gasteiger partial charge in [-0.2, -0.15) is 0 Å². The van der Waals surface area contributed by atoms with Crippen LogP contribution in [0.25, 0.3) is 10.6 Å². The quantitative estimate of drug-likeness (QED) is 0.904. The van der Waals surface area contributed by atoms with E-state index in [-0.39, 0.29) is 5.69 Å². The van der Waals surface area contributed by atoms with Crippen molar-refractivity contribution in [2.24, 2.45) is 0 Å². The number of thiazole rings is 1. The Balaban J connectivity index is 2.57. The maximum atomic E-state index is 10.9. The molecule has 0 spiro atoms. The molecule has 0 radical (unpaired) electrons. The first kappa shape index (κ1) is 12.4. The molecule has 1 aromatic heterocycles. The second kappa shape index (κ2) is 4.64. The van der Waals surface area contributed by atoms with Crippen molar-refractivity contribution in [3.05, 3.63) is 38.8 Å². The summed E-state index contributed by atoms with van der Waals surface area (Å²) in [4.78, 5) is 15.6. The number of aromatic carboxylic acids is 1. The average molecular weight is 288 g/mol. The number of aryl methyl sites for hydroxylation is 1. The zero-order valence-corrected chi connectivity index (χ0v) is 11.0. The van der Waals surface area contributed by atoms with Crippen LogP contribution in [0.15, 0.2) is 18.2 Å². The van der Waals surface area contributed by atoms with Gasteiger partial charge in [0.05, 0.1) is 5.02 Å². The molecule has 88 valence electrons. The van der Waals surface area contributed by atoms with Crippen molar-refractivity contribution in [2.45, 2.75) is 6.92 Å². The largest absolute Gasteiger partial charge is 0.476 e. The van der Waals surface area contributed by atoms with Gasteiger partial charge in [-0.1, -0.05) is 23.2 Å². The van der Waals surface area contributed by atoms with Crippen molar-refractivity contribution >= 4 is 40.5 Å². The van der Waals surface area contributed by atoms with Crippen LogP contribution in [0.4, 0.5) is 0 Å². The van der Waals surface area contributed by atoms with E-state index in [1.807, 2.05) is 0 Å². The van der Waals surface area contributed by atoms with E-state index >= 15 is 0 Å². The Morgan fingerprint density at radius 2 is 2.12 bits per heavy atom. The third-order valence-electron chi connectivity index (χ3n) is 2.16. The number of halogens is 2. The van der Waals surface area contributed by atoms with Gasteiger partial charge in [-0.15, -0.1) is 11.3 Å². The molecule has 0 bridgehead atoms. The Morgan fingerprint density at radius 3 is 2.71 bits per heavy atom. The summed E-state index contributed by atoms with van der Waals surface area (Å²) < 4.78 is 0. The van der Waals surface area contributed by atoms with Crippen LogP contribution < -0.4 is 0 Å². The van der Waals surface area contributed by atoms with Crippen molar-refractivity contribution in [1.82, 2.24) is 4.98 Å². The number of rotatable bonds is 2. The van der Waals surface area contributed by atoms with Crippen LogP contribution >= 0.6 is 34.5 Å². The van der Waals surface area contributed by atoms with E-state index in [9.17, 15) is 4.79 Å². The van der Waals surface area contributed by atoms with Crippen LogP contribution in [0.3, 0.4) is 0 Å². The molecule has 1 heterocycles. The SMILES string of the molecule is Cc1sc(-c2cc(Cl)ccc2Cl)nc1C(=O)O. The summed E-state index contributed by atoms with van der Waals surface area (Å²) >= 11 is 13.2. The molecule has 0 fully saturated rings. The van der Waals surface area contributed by atoms with Crippen LogP contribution in [-0.2, 0) is 0 Å². The first-order valence-corrected chi connectivity index (χ1v) is 6.22. The summed E-state index contributed by atoms with van der Waals surface area (Å²) in [6.07, 6.45) is 0. The molecule has 0 atom stereocenters. The van der Waals surface area contributed by atoms with Crippen molar-refractivity contribution in [3.63, 3.8) is 0 Å². The summed E-state index contributed by atoms with van der Waals surface area (Å²) in [5, 5.41) is 10.5. The van der Waals surface area contributed by atoms with Crippen LogP contribution in [-0.4, -0.2) is 16.1 Å². The van der Waals surface area contributed by atoms with E-state index in [1.54, 1.807) is 25.1 Å². The number of nitrogens with zero attached hydrogens (tertiary/aromatic N) is 1. The molecule has 0 aliphatic carbocycles. The highest BCUT2D eigenvalue weighted by Crippen LogP contribution is 2.34. The number of hydrogen-bond donors (Lipinski definition) is 1. The highest BCUT2D eigenvalue weighted by atomic mass is 35.5. The van der Waals surface area contributed by atoms with E-state index < -0.39 is 5.97 Å². The molecule has 17 heavy (non-hydrogen) atoms. The maximum Gasteiger partial charge on any atom is 0.355 e. The maximum absolute atomic E-state index is 10.9. The Kier molecular flexibility index (Phi) is 3.38. The minimum Gasteiger partial charge on any atom is -0.476 e. The van der Waals surface area contributed by atoms with Crippen LogP contribution in [0.2, 0.25) is 10.0 Å². The molecule has 6 heteroatoms. The standard InChI is InChI=1S/C11H7Cl2NO2S/c1-5-9(11(15)16)14-10(17-5)7-4-6(12)2-3-8(7)13/h2-4H,1H3,(H,15,16). The molecule has 0 unspecified atom stereocenters. The van der Waals surface area contributed by atoms with Gasteiger partial charge in [0.1, 0.15) is 5.01 Å². The molecule has 2 rings (SSSR count). The molecule has 0 aliphatic rings. The highest BCUT2D eigenvalue weighted by molar-refractivity contribution is 7.15. The molecular weight excluding hydrogens is 281 g/mol. The fourth-order valence-electron chi connectivity index (χ4n) is 1.37. The Morgan fingerprint density at radius 1 is 1.41 bits per heavy atom. The summed E-state index contributed by atoms with van der Waals surface area (Å²) in [6.45, 7) is 1.71. The number of carboxylic acids is 1. The normalized spacial score (nSPS) is 10.5. The summed E-state index contributed by atoms with van der Waals surface area (Å²) in [5.41, 5.74) is 0.709. The third-order valence-corrected chi connectivity index (χ3v) is 3.73. The average Bonchev–Trinajstić information content (AvgIpc) is 2.64. The van der Waals surface area contributed by atoms with Crippen molar-refractivity contribution < 1.29 is 9.90 Å². The number of aromatic nitrogens is 1. The number of carbonyl (C=O) groups is 1. The molecule has 0 saturated heterocycles. The van der Waals surface area contributed by atoms with Crippen molar-refractivity contribution in [2.75, 3.05) is 0 Å². The first-order valence-electron chi connectivity index (χ1n) is 4.65. The predicted octanol–water partition coefficient (Wildman–Crippen LogP) is 4.12. The second-order valence-corrected chi connectivity index (χ2v) is 5.40. The molecule has 3 nitrogen and oxygen atoms in total. The minimum absolute atomic E-state index is 0.0565. The van der Waals surface area contributed by atoms with Gasteiger partial charge in [-0.3, -0.25) is 0 Å². The molecule has 2 aromatic rings. The van der Waals surface area contributed by atoms with Crippen LogP contribution in [0, 0.1) is 6.92 Å². The minimum atomic E-state index is -1.04. The molecule has 1 N–H and O–H groups in total. The van der Waals surface area contributed by atoms with E-state index in [0.29, 0.717) is 25.5 Å². The second-order valence-electron chi connectivity index (χ2n) is 3.35. The van der Waals surface area contributed by atoms with Gasteiger partial charge in [0, 0.05) is 15.5 Å². The van der Waals surface area contributed by atoms with Crippen molar-refractivity contribution in [1.29, 1.82) is 0 Å². The van der Waals surface area contributed by atoms with E-state index in [0.717, 1.165) is 0 Å². The summed E-state index contributed by atoms with van der Waals surface area (Å²) in [7, 11) is 0. The van der Waals surface area contributed by atoms with E-state index in [4.69, 9.17) is 28.3 Å². The molecule has 0 saturated carbocycles. The lowest BCUT2D eigenvalue weighted by molar-refractivity contribution is 0.0690. The zero-order chi connectivity index (χ0) is 12.6. The predicted molar refractivity (Wildman–Crippen MR) is 69.3 cm³/mol. The van der Waals surface area contributed by atoms with Gasteiger partial charge in [0.25, 0.3) is 0 Å². The lowest BCUT2D eigenvalue weighted by Gasteiger charge is -2.00. The Labute approximate surface area is 112 Å². The van der Waals surface area contributed by atoms with Gasteiger partial charge in [0.15, 0.2) is 5.69 Å². The molecule has 1 aromatic carbocycles. The number of benzene rings is 1. The molecule has 0 amide bonds. The lowest BCUT2D eigenvalue weighted by atomic mass is 10.2. The van der Waals surface area contributed by atoms with Gasteiger partial charge >= 0.3 is 5.97 Å². The fraction of sp³-hybridized carbons (Fsp3) is 0.0909. The summed E-state index contributed by atoms with van der Waals surface area (Å²) in [6, 6.07) is 5.01. The van der Waals surface area contributed by atoms with Gasteiger partial charge < -0.3 is 5.11 Å². The number of hydrogen-bond acceptors (Lipinski definition) is 3. The highest BCUT2D eigenvalue weighted by Gasteiger charge is 2.16. The van der Waals surface area contributed by atoms with Crippen LogP contribution in [0.1, 0.15) is 15.4 Å². The Hall–Kier alpha value is -1.10. The monoisotopic (exact) mass is 287 g/mol. The van der Waals surface area contributed by atoms with Gasteiger partial charge in [-0.25, -0.2) is 9.78 Å². The molecule has 0 aliphatic heterocycles. The Bertz CT molecular complexity index is 595. The van der Waals surface area contributed by atoms with E-state index in [2.05, 4.69) is 4.98 Å². The van der Waals surface area contributed by atoms with Crippen molar-refractivity contribution in [3.8, 4) is 10.6 Å². The van der Waals surface area contributed by atoms with Gasteiger partial charge in [0.2, 0.25) is 0 Å². The smallest absolute Gasteiger partial charge is 0.355 e. The first-order chi connectivity index (χ1) is 7.99. The van der Waals surface area contributed by atoms with E-state index in [1.165, 1.54) is 11.3 Å².